The number of sulfonamides is 1. The van der Waals surface area contributed by atoms with E-state index in [-0.39, 0.29) is 18.8 Å². The zero-order chi connectivity index (χ0) is 24.1. The van der Waals surface area contributed by atoms with Crippen molar-refractivity contribution in [1.82, 2.24) is 5.32 Å². The Hall–Kier alpha value is -3.72. The largest absolute Gasteiger partial charge is 0.493 e. The summed E-state index contributed by atoms with van der Waals surface area (Å²) >= 11 is 0. The highest BCUT2D eigenvalue weighted by atomic mass is 32.2. The molecule has 1 amide bonds. The van der Waals surface area contributed by atoms with Gasteiger partial charge in [-0.25, -0.2) is 8.42 Å². The van der Waals surface area contributed by atoms with Gasteiger partial charge < -0.3 is 19.5 Å². The Morgan fingerprint density at radius 3 is 2.41 bits per heavy atom. The molecule has 0 aliphatic carbocycles. The molecule has 0 unspecified atom stereocenters. The second kappa shape index (κ2) is 10.0. The van der Waals surface area contributed by atoms with Crippen molar-refractivity contribution in [2.75, 3.05) is 25.1 Å². The molecular formula is C25H26N2O6S. The van der Waals surface area contributed by atoms with Crippen molar-refractivity contribution in [3.8, 4) is 17.2 Å². The molecule has 1 heterocycles. The topological polar surface area (TPSA) is 94.2 Å². The van der Waals surface area contributed by atoms with Crippen LogP contribution in [0.15, 0.2) is 72.8 Å². The van der Waals surface area contributed by atoms with Gasteiger partial charge >= 0.3 is 0 Å². The molecule has 9 heteroatoms. The van der Waals surface area contributed by atoms with Crippen LogP contribution in [0.25, 0.3) is 0 Å². The van der Waals surface area contributed by atoms with Crippen molar-refractivity contribution in [1.29, 1.82) is 0 Å². The van der Waals surface area contributed by atoms with E-state index in [9.17, 15) is 13.2 Å². The number of rotatable bonds is 8. The number of hydrogen-bond acceptors (Lipinski definition) is 6. The van der Waals surface area contributed by atoms with Crippen LogP contribution in [0.5, 0.6) is 17.2 Å². The number of benzene rings is 3. The minimum atomic E-state index is -3.76. The second-order valence-corrected chi connectivity index (χ2v) is 9.65. The Kier molecular flexibility index (Phi) is 6.93. The molecule has 0 spiro atoms. The summed E-state index contributed by atoms with van der Waals surface area (Å²) in [7, 11) is -0.667. The third-order valence-electron chi connectivity index (χ3n) is 5.47. The van der Waals surface area contributed by atoms with Gasteiger partial charge in [0.1, 0.15) is 5.75 Å². The lowest BCUT2D eigenvalue weighted by Gasteiger charge is -2.34. The van der Waals surface area contributed by atoms with Gasteiger partial charge in [-0.2, -0.15) is 0 Å². The molecule has 1 atom stereocenters. The summed E-state index contributed by atoms with van der Waals surface area (Å²) in [5, 5.41) is 2.83. The summed E-state index contributed by atoms with van der Waals surface area (Å²) < 4.78 is 44.3. The van der Waals surface area contributed by atoms with E-state index in [4.69, 9.17) is 14.2 Å². The van der Waals surface area contributed by atoms with Crippen molar-refractivity contribution in [3.05, 3.63) is 83.9 Å². The van der Waals surface area contributed by atoms with Gasteiger partial charge in [0.05, 0.1) is 32.2 Å². The highest BCUT2D eigenvalue weighted by Gasteiger charge is 2.36. The van der Waals surface area contributed by atoms with E-state index in [1.165, 1.54) is 11.4 Å². The first-order valence-corrected chi connectivity index (χ1v) is 12.3. The van der Waals surface area contributed by atoms with Gasteiger partial charge in [-0.05, 0) is 35.4 Å². The molecule has 0 aromatic heterocycles. The summed E-state index contributed by atoms with van der Waals surface area (Å²) in [5.74, 6) is 0.891. The standard InChI is InChI=1S/C25H26N2O6S/c1-31-22-13-12-19(14-23(22)32-2)15-26-25(28)24-16-27(20-10-6-7-11-21(20)33-24)34(29,30)17-18-8-4-3-5-9-18/h3-14,24H,15-17H2,1-2H3,(H,26,28)/t24-/m0/s1. The van der Waals surface area contributed by atoms with Crippen molar-refractivity contribution in [2.24, 2.45) is 0 Å². The lowest BCUT2D eigenvalue weighted by atomic mass is 10.2. The number of carbonyl (C=O) groups is 1. The molecule has 1 aliphatic heterocycles. The number of hydrogen-bond donors (Lipinski definition) is 1. The zero-order valence-corrected chi connectivity index (χ0v) is 19.7. The predicted octanol–water partition coefficient (Wildman–Crippen LogP) is 3.12. The van der Waals surface area contributed by atoms with Crippen molar-refractivity contribution < 1.29 is 27.4 Å². The molecular weight excluding hydrogens is 456 g/mol. The van der Waals surface area contributed by atoms with Gasteiger partial charge in [0.2, 0.25) is 10.0 Å². The van der Waals surface area contributed by atoms with Gasteiger partial charge in [0.15, 0.2) is 17.6 Å². The normalized spacial score (nSPS) is 15.1. The van der Waals surface area contributed by atoms with E-state index in [0.29, 0.717) is 28.5 Å². The lowest BCUT2D eigenvalue weighted by molar-refractivity contribution is -0.127. The molecule has 0 bridgehead atoms. The molecule has 1 aliphatic rings. The number of methoxy groups -OCH3 is 2. The van der Waals surface area contributed by atoms with Crippen LogP contribution in [-0.2, 0) is 27.1 Å². The minimum Gasteiger partial charge on any atom is -0.493 e. The predicted molar refractivity (Wildman–Crippen MR) is 129 cm³/mol. The SMILES string of the molecule is COc1ccc(CNC(=O)[C@@H]2CN(S(=O)(=O)Cc3ccccc3)c3ccccc3O2)cc1OC. The molecule has 0 radical (unpaired) electrons. The average molecular weight is 483 g/mol. The Bertz CT molecular complexity index is 1260. The molecule has 0 saturated heterocycles. The zero-order valence-electron chi connectivity index (χ0n) is 18.9. The maximum atomic E-state index is 13.3. The monoisotopic (exact) mass is 482 g/mol. The maximum absolute atomic E-state index is 13.3. The Morgan fingerprint density at radius 2 is 1.68 bits per heavy atom. The lowest BCUT2D eigenvalue weighted by Crippen LogP contribution is -2.50. The van der Waals surface area contributed by atoms with Crippen molar-refractivity contribution in [2.45, 2.75) is 18.4 Å². The average Bonchev–Trinajstić information content (AvgIpc) is 2.86. The van der Waals surface area contributed by atoms with Gasteiger partial charge in [0.25, 0.3) is 5.91 Å². The number of fused-ring (bicyclic) bond motifs is 1. The highest BCUT2D eigenvalue weighted by Crippen LogP contribution is 2.36. The summed E-state index contributed by atoms with van der Waals surface area (Å²) in [6, 6.07) is 21.1. The van der Waals surface area contributed by atoms with Crippen LogP contribution < -0.4 is 23.8 Å². The fourth-order valence-electron chi connectivity index (χ4n) is 3.76. The minimum absolute atomic E-state index is 0.121. The Morgan fingerprint density at radius 1 is 0.971 bits per heavy atom. The smallest absolute Gasteiger partial charge is 0.263 e. The first-order chi connectivity index (χ1) is 16.4. The third kappa shape index (κ3) is 5.09. The quantitative estimate of drug-likeness (QED) is 0.530. The third-order valence-corrected chi connectivity index (χ3v) is 7.19. The first-order valence-electron chi connectivity index (χ1n) is 10.7. The summed E-state index contributed by atoms with van der Waals surface area (Å²) in [6.07, 6.45) is -0.999. The Balaban J connectivity index is 1.51. The van der Waals surface area contributed by atoms with Crippen LogP contribution in [0.2, 0.25) is 0 Å². The van der Waals surface area contributed by atoms with Gasteiger partial charge in [-0.15, -0.1) is 0 Å². The first kappa shape index (κ1) is 23.4. The molecule has 0 saturated carbocycles. The number of ether oxygens (including phenoxy) is 3. The maximum Gasteiger partial charge on any atom is 0.263 e. The van der Waals surface area contributed by atoms with Crippen LogP contribution in [0, 0.1) is 0 Å². The van der Waals surface area contributed by atoms with E-state index in [0.717, 1.165) is 5.56 Å². The number of carbonyl (C=O) groups excluding carboxylic acids is 1. The van der Waals surface area contributed by atoms with Crippen LogP contribution in [0.4, 0.5) is 5.69 Å². The van der Waals surface area contributed by atoms with Crippen molar-refractivity contribution in [3.63, 3.8) is 0 Å². The highest BCUT2D eigenvalue weighted by molar-refractivity contribution is 7.92. The number of nitrogens with one attached hydrogen (secondary N) is 1. The number of amides is 1. The molecule has 34 heavy (non-hydrogen) atoms. The van der Waals surface area contributed by atoms with E-state index in [1.54, 1.807) is 67.8 Å². The number of para-hydroxylation sites is 2. The molecule has 3 aromatic rings. The number of nitrogens with zero attached hydrogens (tertiary/aromatic N) is 1. The fraction of sp³-hybridized carbons (Fsp3) is 0.240. The van der Waals surface area contributed by atoms with E-state index >= 15 is 0 Å². The molecule has 3 aromatic carbocycles. The molecule has 178 valence electrons. The van der Waals surface area contributed by atoms with Gasteiger partial charge in [-0.1, -0.05) is 48.5 Å². The van der Waals surface area contributed by atoms with E-state index < -0.39 is 22.0 Å². The summed E-state index contributed by atoms with van der Waals surface area (Å²) in [6.45, 7) is 0.0986. The molecule has 8 nitrogen and oxygen atoms in total. The van der Waals surface area contributed by atoms with Crippen LogP contribution in [0.1, 0.15) is 11.1 Å². The molecule has 4 rings (SSSR count). The van der Waals surface area contributed by atoms with Gasteiger partial charge in [0, 0.05) is 6.54 Å². The summed E-state index contributed by atoms with van der Waals surface area (Å²) in [4.78, 5) is 13.0. The van der Waals surface area contributed by atoms with Gasteiger partial charge in [-0.3, -0.25) is 9.10 Å². The summed E-state index contributed by atoms with van der Waals surface area (Å²) in [5.41, 5.74) is 1.89. The van der Waals surface area contributed by atoms with E-state index in [1.807, 2.05) is 12.1 Å². The molecule has 0 fully saturated rings. The van der Waals surface area contributed by atoms with Crippen LogP contribution in [0.3, 0.4) is 0 Å². The van der Waals surface area contributed by atoms with E-state index in [2.05, 4.69) is 5.32 Å². The number of anilines is 1. The fourth-order valence-corrected chi connectivity index (χ4v) is 5.34. The van der Waals surface area contributed by atoms with Crippen molar-refractivity contribution >= 4 is 21.6 Å². The second-order valence-electron chi connectivity index (χ2n) is 7.75. The molecule has 1 N–H and O–H groups in total. The van der Waals surface area contributed by atoms with Crippen LogP contribution in [-0.4, -0.2) is 41.2 Å². The van der Waals surface area contributed by atoms with Crippen LogP contribution >= 0.6 is 0 Å². The Labute approximate surface area is 199 Å².